The van der Waals surface area contributed by atoms with Crippen LogP contribution in [0.5, 0.6) is 5.75 Å². The smallest absolute Gasteiger partial charge is 0.253 e. The second-order valence-corrected chi connectivity index (χ2v) is 8.99. The first-order valence-corrected chi connectivity index (χ1v) is 11.5. The summed E-state index contributed by atoms with van der Waals surface area (Å²) in [5.41, 5.74) is 1.72. The average molecular weight is 417 g/mol. The van der Waals surface area contributed by atoms with Gasteiger partial charge in [0.15, 0.2) is 0 Å². The summed E-state index contributed by atoms with van der Waals surface area (Å²) in [6.45, 7) is 5.91. The van der Waals surface area contributed by atoms with Crippen molar-refractivity contribution < 1.29 is 17.9 Å². The molecule has 0 spiro atoms. The summed E-state index contributed by atoms with van der Waals surface area (Å²) in [7, 11) is -3.54. The number of carbonyl (C=O) groups is 1. The molecule has 156 valence electrons. The first kappa shape index (κ1) is 21.3. The van der Waals surface area contributed by atoms with Crippen LogP contribution in [-0.2, 0) is 16.4 Å². The van der Waals surface area contributed by atoms with E-state index in [1.54, 1.807) is 41.3 Å². The SMILES string of the molecule is CCCc1ccc(S(=O)(=O)N2CCN(C(=O)c3ccc(OCC)cc3)CC2)cc1. The highest BCUT2D eigenvalue weighted by molar-refractivity contribution is 7.89. The molecule has 3 rings (SSSR count). The van der Waals surface area contributed by atoms with Crippen LogP contribution in [0.1, 0.15) is 36.2 Å². The lowest BCUT2D eigenvalue weighted by atomic mass is 10.1. The maximum absolute atomic E-state index is 12.9. The van der Waals surface area contributed by atoms with Crippen molar-refractivity contribution >= 4 is 15.9 Å². The Hall–Kier alpha value is -2.38. The highest BCUT2D eigenvalue weighted by Gasteiger charge is 2.30. The summed E-state index contributed by atoms with van der Waals surface area (Å²) in [5.74, 6) is 0.638. The van der Waals surface area contributed by atoms with E-state index in [2.05, 4.69) is 6.92 Å². The molecule has 1 fully saturated rings. The molecule has 6 nitrogen and oxygen atoms in total. The molecule has 7 heteroatoms. The maximum Gasteiger partial charge on any atom is 0.253 e. The van der Waals surface area contributed by atoms with Crippen LogP contribution in [0.25, 0.3) is 0 Å². The van der Waals surface area contributed by atoms with E-state index in [1.165, 1.54) is 4.31 Å². The van der Waals surface area contributed by atoms with Gasteiger partial charge in [-0.25, -0.2) is 8.42 Å². The largest absolute Gasteiger partial charge is 0.494 e. The Balaban J connectivity index is 1.62. The van der Waals surface area contributed by atoms with Gasteiger partial charge in [-0.1, -0.05) is 25.5 Å². The van der Waals surface area contributed by atoms with Gasteiger partial charge in [-0.15, -0.1) is 0 Å². The number of amides is 1. The van der Waals surface area contributed by atoms with Crippen LogP contribution in [-0.4, -0.2) is 56.3 Å². The number of ether oxygens (including phenoxy) is 1. The molecule has 2 aromatic carbocycles. The molecule has 2 aromatic rings. The van der Waals surface area contributed by atoms with Gasteiger partial charge in [-0.05, 0) is 55.3 Å². The average Bonchev–Trinajstić information content (AvgIpc) is 2.75. The normalized spacial score (nSPS) is 15.3. The molecule has 0 bridgehead atoms. The van der Waals surface area contributed by atoms with Crippen molar-refractivity contribution in [2.45, 2.75) is 31.6 Å². The molecule has 1 aliphatic heterocycles. The van der Waals surface area contributed by atoms with Crippen LogP contribution < -0.4 is 4.74 Å². The minimum Gasteiger partial charge on any atom is -0.494 e. The van der Waals surface area contributed by atoms with Crippen molar-refractivity contribution in [2.24, 2.45) is 0 Å². The molecule has 29 heavy (non-hydrogen) atoms. The number of piperazine rings is 1. The maximum atomic E-state index is 12.9. The first-order valence-electron chi connectivity index (χ1n) is 10.1. The lowest BCUT2D eigenvalue weighted by Crippen LogP contribution is -2.50. The van der Waals surface area contributed by atoms with E-state index in [9.17, 15) is 13.2 Å². The number of rotatable bonds is 7. The van der Waals surface area contributed by atoms with Gasteiger partial charge in [0, 0.05) is 31.7 Å². The highest BCUT2D eigenvalue weighted by atomic mass is 32.2. The summed E-state index contributed by atoms with van der Waals surface area (Å²) in [6, 6.07) is 14.2. The Labute approximate surface area is 173 Å². The van der Waals surface area contributed by atoms with Crippen LogP contribution in [0, 0.1) is 0 Å². The summed E-state index contributed by atoms with van der Waals surface area (Å²) in [6.07, 6.45) is 1.96. The van der Waals surface area contributed by atoms with Gasteiger partial charge < -0.3 is 9.64 Å². The van der Waals surface area contributed by atoms with Crippen LogP contribution in [0.3, 0.4) is 0 Å². The molecule has 0 unspecified atom stereocenters. The summed E-state index contributed by atoms with van der Waals surface area (Å²) < 4.78 is 32.7. The van der Waals surface area contributed by atoms with Crippen molar-refractivity contribution in [1.82, 2.24) is 9.21 Å². The summed E-state index contributed by atoms with van der Waals surface area (Å²) in [5, 5.41) is 0. The lowest BCUT2D eigenvalue weighted by molar-refractivity contribution is 0.0698. The third-order valence-corrected chi connectivity index (χ3v) is 6.95. The molecular formula is C22H28N2O4S. The molecule has 0 aromatic heterocycles. The molecule has 0 aliphatic carbocycles. The molecule has 1 saturated heterocycles. The Kier molecular flexibility index (Phi) is 6.92. The Morgan fingerprint density at radius 3 is 2.10 bits per heavy atom. The van der Waals surface area contributed by atoms with Crippen LogP contribution in [0.2, 0.25) is 0 Å². The highest BCUT2D eigenvalue weighted by Crippen LogP contribution is 2.20. The quantitative estimate of drug-likeness (QED) is 0.695. The minimum absolute atomic E-state index is 0.0889. The van der Waals surface area contributed by atoms with Crippen molar-refractivity contribution in [3.63, 3.8) is 0 Å². The van der Waals surface area contributed by atoms with Crippen LogP contribution in [0.4, 0.5) is 0 Å². The van der Waals surface area contributed by atoms with Gasteiger partial charge in [0.05, 0.1) is 11.5 Å². The topological polar surface area (TPSA) is 66.9 Å². The third-order valence-electron chi connectivity index (χ3n) is 5.04. The number of hydrogen-bond acceptors (Lipinski definition) is 4. The second kappa shape index (κ2) is 9.41. The molecule has 0 atom stereocenters. The number of hydrogen-bond donors (Lipinski definition) is 0. The van der Waals surface area contributed by atoms with Gasteiger partial charge >= 0.3 is 0 Å². The molecule has 1 aliphatic rings. The third kappa shape index (κ3) is 4.97. The van der Waals surface area contributed by atoms with Crippen LogP contribution in [0.15, 0.2) is 53.4 Å². The predicted octanol–water partition coefficient (Wildman–Crippen LogP) is 3.18. The van der Waals surface area contributed by atoms with E-state index in [1.807, 2.05) is 19.1 Å². The number of benzene rings is 2. The van der Waals surface area contributed by atoms with Gasteiger partial charge in [0.1, 0.15) is 5.75 Å². The zero-order valence-corrected chi connectivity index (χ0v) is 17.8. The number of nitrogens with zero attached hydrogens (tertiary/aromatic N) is 2. The molecule has 1 heterocycles. The molecule has 0 saturated carbocycles. The predicted molar refractivity (Wildman–Crippen MR) is 113 cm³/mol. The van der Waals surface area contributed by atoms with E-state index in [0.717, 1.165) is 24.2 Å². The van der Waals surface area contributed by atoms with Crippen molar-refractivity contribution in [3.8, 4) is 5.75 Å². The zero-order valence-electron chi connectivity index (χ0n) is 17.0. The number of carbonyl (C=O) groups excluding carboxylic acids is 1. The van der Waals surface area contributed by atoms with Crippen molar-refractivity contribution in [1.29, 1.82) is 0 Å². The van der Waals surface area contributed by atoms with Crippen molar-refractivity contribution in [3.05, 3.63) is 59.7 Å². The van der Waals surface area contributed by atoms with Gasteiger partial charge in [0.2, 0.25) is 10.0 Å². The fraction of sp³-hybridized carbons (Fsp3) is 0.409. The molecule has 1 amide bonds. The Morgan fingerprint density at radius 1 is 0.931 bits per heavy atom. The fourth-order valence-corrected chi connectivity index (χ4v) is 4.86. The molecular weight excluding hydrogens is 388 g/mol. The Bertz CT molecular complexity index is 916. The summed E-state index contributed by atoms with van der Waals surface area (Å²) >= 11 is 0. The zero-order chi connectivity index (χ0) is 20.9. The standard InChI is InChI=1S/C22H28N2O4S/c1-3-5-18-6-12-21(13-7-18)29(26,27)24-16-14-23(15-17-24)22(25)19-8-10-20(11-9-19)28-4-2/h6-13H,3-5,14-17H2,1-2H3. The van der Waals surface area contributed by atoms with E-state index in [-0.39, 0.29) is 5.91 Å². The minimum atomic E-state index is -3.54. The monoisotopic (exact) mass is 416 g/mol. The Morgan fingerprint density at radius 2 is 1.55 bits per heavy atom. The van der Waals surface area contributed by atoms with E-state index < -0.39 is 10.0 Å². The molecule has 0 radical (unpaired) electrons. The van der Waals surface area contributed by atoms with Gasteiger partial charge in [-0.2, -0.15) is 4.31 Å². The summed E-state index contributed by atoms with van der Waals surface area (Å²) in [4.78, 5) is 14.7. The van der Waals surface area contributed by atoms with E-state index in [4.69, 9.17) is 4.74 Å². The number of sulfonamides is 1. The van der Waals surface area contributed by atoms with Crippen molar-refractivity contribution in [2.75, 3.05) is 32.8 Å². The number of aryl methyl sites for hydroxylation is 1. The van der Waals surface area contributed by atoms with E-state index >= 15 is 0 Å². The second-order valence-electron chi connectivity index (χ2n) is 7.05. The first-order chi connectivity index (χ1) is 14.0. The lowest BCUT2D eigenvalue weighted by Gasteiger charge is -2.34. The fourth-order valence-electron chi connectivity index (χ4n) is 3.44. The van der Waals surface area contributed by atoms with Gasteiger partial charge in [-0.3, -0.25) is 4.79 Å². The van der Waals surface area contributed by atoms with E-state index in [0.29, 0.717) is 43.2 Å². The molecule has 0 N–H and O–H groups in total. The van der Waals surface area contributed by atoms with Gasteiger partial charge in [0.25, 0.3) is 5.91 Å². The van der Waals surface area contributed by atoms with Crippen LogP contribution >= 0.6 is 0 Å².